The molecule has 1 N–H and O–H groups in total. The molecule has 21 heavy (non-hydrogen) atoms. The first-order valence-electron chi connectivity index (χ1n) is 8.33. The molecule has 0 unspecified atom stereocenters. The van der Waals surface area contributed by atoms with Gasteiger partial charge in [-0.1, -0.05) is 36.8 Å². The smallest absolute Gasteiger partial charge is 0.231 e. The van der Waals surface area contributed by atoms with Gasteiger partial charge < -0.3 is 10.2 Å². The normalized spacial score (nSPS) is 25.5. The molecule has 4 rings (SSSR count). The second-order valence-corrected chi connectivity index (χ2v) is 7.17. The van der Waals surface area contributed by atoms with Gasteiger partial charge in [0.2, 0.25) is 5.91 Å². The second kappa shape index (κ2) is 4.84. The van der Waals surface area contributed by atoms with Crippen LogP contribution < -0.4 is 5.32 Å². The predicted molar refractivity (Wildman–Crippen MR) is 83.1 cm³/mol. The van der Waals surface area contributed by atoms with Crippen LogP contribution in [0, 0.1) is 0 Å². The molecule has 1 aliphatic heterocycles. The molecule has 2 saturated carbocycles. The van der Waals surface area contributed by atoms with Gasteiger partial charge in [-0.25, -0.2) is 0 Å². The third kappa shape index (κ3) is 2.28. The highest BCUT2D eigenvalue weighted by Crippen LogP contribution is 2.46. The van der Waals surface area contributed by atoms with E-state index in [0.717, 1.165) is 32.2 Å². The van der Waals surface area contributed by atoms with Crippen molar-refractivity contribution < 1.29 is 4.79 Å². The van der Waals surface area contributed by atoms with Crippen molar-refractivity contribution in [3.05, 3.63) is 35.9 Å². The third-order valence-corrected chi connectivity index (χ3v) is 5.68. The highest BCUT2D eigenvalue weighted by Gasteiger charge is 2.52. The predicted octanol–water partition coefficient (Wildman–Crippen LogP) is 2.46. The van der Waals surface area contributed by atoms with Gasteiger partial charge in [0.05, 0.1) is 11.0 Å². The molecule has 3 nitrogen and oxygen atoms in total. The maximum Gasteiger partial charge on any atom is 0.231 e. The third-order valence-electron chi connectivity index (χ3n) is 5.68. The van der Waals surface area contributed by atoms with Crippen LogP contribution in [0.1, 0.15) is 44.1 Å². The largest absolute Gasteiger partial charge is 0.349 e. The van der Waals surface area contributed by atoms with Gasteiger partial charge in [0.15, 0.2) is 0 Å². The van der Waals surface area contributed by atoms with E-state index in [0.29, 0.717) is 0 Å². The van der Waals surface area contributed by atoms with Crippen LogP contribution in [0.25, 0.3) is 0 Å². The van der Waals surface area contributed by atoms with Crippen molar-refractivity contribution >= 4 is 5.91 Å². The topological polar surface area (TPSA) is 32.3 Å². The molecular weight excluding hydrogens is 260 g/mol. The van der Waals surface area contributed by atoms with Crippen LogP contribution in [0.2, 0.25) is 0 Å². The van der Waals surface area contributed by atoms with E-state index in [4.69, 9.17) is 0 Å². The van der Waals surface area contributed by atoms with Crippen molar-refractivity contribution in [1.29, 1.82) is 0 Å². The summed E-state index contributed by atoms with van der Waals surface area (Å²) in [5.74, 6) is 0.276. The Hall–Kier alpha value is -1.35. The monoisotopic (exact) mass is 284 g/mol. The van der Waals surface area contributed by atoms with E-state index < -0.39 is 0 Å². The van der Waals surface area contributed by atoms with Crippen LogP contribution in [0.15, 0.2) is 30.3 Å². The first-order valence-corrected chi connectivity index (χ1v) is 8.33. The SMILES string of the molecule is O=C(NC1(CN2CCC2)CC1)C1(c2ccccc2)CCC1. The second-order valence-electron chi connectivity index (χ2n) is 7.17. The van der Waals surface area contributed by atoms with E-state index in [1.54, 1.807) is 0 Å². The van der Waals surface area contributed by atoms with Crippen molar-refractivity contribution in [1.82, 2.24) is 10.2 Å². The van der Waals surface area contributed by atoms with E-state index in [-0.39, 0.29) is 16.9 Å². The Morgan fingerprint density at radius 2 is 1.76 bits per heavy atom. The summed E-state index contributed by atoms with van der Waals surface area (Å²) in [5, 5.41) is 3.43. The summed E-state index contributed by atoms with van der Waals surface area (Å²) >= 11 is 0. The Labute approximate surface area is 126 Å². The minimum atomic E-state index is -0.244. The summed E-state index contributed by atoms with van der Waals surface area (Å²) in [5.41, 5.74) is 1.05. The van der Waals surface area contributed by atoms with Gasteiger partial charge in [-0.3, -0.25) is 4.79 Å². The summed E-state index contributed by atoms with van der Waals surface area (Å²) < 4.78 is 0. The zero-order valence-corrected chi connectivity index (χ0v) is 12.6. The number of nitrogens with one attached hydrogen (secondary N) is 1. The summed E-state index contributed by atoms with van der Waals surface area (Å²) in [6, 6.07) is 10.4. The van der Waals surface area contributed by atoms with E-state index >= 15 is 0 Å². The lowest BCUT2D eigenvalue weighted by Gasteiger charge is -2.43. The maximum atomic E-state index is 13.0. The fourth-order valence-corrected chi connectivity index (χ4v) is 3.74. The molecule has 1 saturated heterocycles. The summed E-state index contributed by atoms with van der Waals surface area (Å²) in [4.78, 5) is 15.4. The molecule has 1 heterocycles. The van der Waals surface area contributed by atoms with Gasteiger partial charge in [0.25, 0.3) is 0 Å². The lowest BCUT2D eigenvalue weighted by molar-refractivity contribution is -0.131. The van der Waals surface area contributed by atoms with Crippen molar-refractivity contribution in [3.63, 3.8) is 0 Å². The lowest BCUT2D eigenvalue weighted by atomic mass is 9.63. The van der Waals surface area contributed by atoms with Gasteiger partial charge >= 0.3 is 0 Å². The zero-order valence-electron chi connectivity index (χ0n) is 12.6. The van der Waals surface area contributed by atoms with Gasteiger partial charge in [-0.2, -0.15) is 0 Å². The molecule has 0 radical (unpaired) electrons. The van der Waals surface area contributed by atoms with Crippen LogP contribution in [0.4, 0.5) is 0 Å². The number of benzene rings is 1. The molecule has 112 valence electrons. The van der Waals surface area contributed by atoms with Crippen molar-refractivity contribution in [3.8, 4) is 0 Å². The Bertz CT molecular complexity index is 527. The number of carbonyl (C=O) groups is 1. The molecule has 2 aliphatic carbocycles. The fraction of sp³-hybridized carbons (Fsp3) is 0.611. The number of hydrogen-bond donors (Lipinski definition) is 1. The summed E-state index contributed by atoms with van der Waals surface area (Å²) in [6.07, 6.45) is 6.80. The molecule has 1 aromatic carbocycles. The van der Waals surface area contributed by atoms with E-state index in [1.807, 2.05) is 6.07 Å². The minimum Gasteiger partial charge on any atom is -0.349 e. The van der Waals surface area contributed by atoms with E-state index in [1.165, 1.54) is 31.5 Å². The first kappa shape index (κ1) is 13.3. The average molecular weight is 284 g/mol. The van der Waals surface area contributed by atoms with Gasteiger partial charge in [-0.05, 0) is 50.8 Å². The van der Waals surface area contributed by atoms with Crippen LogP contribution in [0.3, 0.4) is 0 Å². The standard InChI is InChI=1S/C18H24N2O/c21-16(19-17(10-11-17)14-20-12-5-13-20)18(8-4-9-18)15-6-2-1-3-7-15/h1-3,6-7H,4-5,8-14H2,(H,19,21). The molecule has 1 amide bonds. The van der Waals surface area contributed by atoms with Gasteiger partial charge in [-0.15, -0.1) is 0 Å². The fourth-order valence-electron chi connectivity index (χ4n) is 3.74. The Balaban J connectivity index is 1.48. The molecule has 3 heteroatoms. The van der Waals surface area contributed by atoms with Gasteiger partial charge in [0.1, 0.15) is 0 Å². The number of carbonyl (C=O) groups excluding carboxylic acids is 1. The van der Waals surface area contributed by atoms with Crippen LogP contribution in [0.5, 0.6) is 0 Å². The maximum absolute atomic E-state index is 13.0. The number of nitrogens with zero attached hydrogens (tertiary/aromatic N) is 1. The molecule has 0 spiro atoms. The van der Waals surface area contributed by atoms with Crippen molar-refractivity contribution in [2.24, 2.45) is 0 Å². The van der Waals surface area contributed by atoms with Crippen LogP contribution in [-0.4, -0.2) is 36.0 Å². The number of likely N-dealkylation sites (tertiary alicyclic amines) is 1. The first-order chi connectivity index (χ1) is 10.2. The Kier molecular flexibility index (Phi) is 3.07. The highest BCUT2D eigenvalue weighted by atomic mass is 16.2. The number of hydrogen-bond acceptors (Lipinski definition) is 2. The Morgan fingerprint density at radius 3 is 2.24 bits per heavy atom. The summed E-state index contributed by atoms with van der Waals surface area (Å²) in [6.45, 7) is 3.48. The van der Waals surface area contributed by atoms with Gasteiger partial charge in [0, 0.05) is 6.54 Å². The quantitative estimate of drug-likeness (QED) is 0.901. The summed E-state index contributed by atoms with van der Waals surface area (Å²) in [7, 11) is 0. The number of rotatable bonds is 5. The molecular formula is C18H24N2O. The van der Waals surface area contributed by atoms with Crippen molar-refractivity contribution in [2.45, 2.75) is 49.5 Å². The zero-order chi connectivity index (χ0) is 14.3. The molecule has 0 aromatic heterocycles. The van der Waals surface area contributed by atoms with Crippen LogP contribution in [-0.2, 0) is 10.2 Å². The minimum absolute atomic E-state index is 0.0921. The molecule has 0 bridgehead atoms. The molecule has 3 aliphatic rings. The van der Waals surface area contributed by atoms with E-state index in [9.17, 15) is 4.79 Å². The van der Waals surface area contributed by atoms with Crippen molar-refractivity contribution in [2.75, 3.05) is 19.6 Å². The highest BCUT2D eigenvalue weighted by molar-refractivity contribution is 5.90. The molecule has 1 aromatic rings. The van der Waals surface area contributed by atoms with Crippen LogP contribution >= 0.6 is 0 Å². The average Bonchev–Trinajstić information content (AvgIpc) is 3.14. The Morgan fingerprint density at radius 1 is 1.05 bits per heavy atom. The number of amides is 1. The lowest BCUT2D eigenvalue weighted by Crippen LogP contribution is -2.56. The van der Waals surface area contributed by atoms with E-state index in [2.05, 4.69) is 34.5 Å². The molecule has 0 atom stereocenters. The molecule has 3 fully saturated rings.